The SMILES string of the molecule is CCCCC1C(Nc2nc(Cl)nc(NC3CC(C)(C)N(C)C(C)(C)C3CCCC)n2)CC(C)(C)N(C)C1(C)C.NCCCNCCNCCCN. The number of nitrogens with two attached hydrogens (primary N) is 2. The Hall–Kier alpha value is -1.34. The van der Waals surface area contributed by atoms with Crippen LogP contribution in [-0.2, 0) is 0 Å². The van der Waals surface area contributed by atoms with E-state index in [1.165, 1.54) is 38.5 Å². The lowest BCUT2D eigenvalue weighted by molar-refractivity contribution is -0.0543. The van der Waals surface area contributed by atoms with Crippen LogP contribution in [0.4, 0.5) is 11.9 Å². The first kappa shape index (κ1) is 45.8. The predicted molar refractivity (Wildman–Crippen MR) is 220 cm³/mol. The quantitative estimate of drug-likeness (QED) is 0.0884. The van der Waals surface area contributed by atoms with Crippen molar-refractivity contribution in [3.63, 3.8) is 0 Å². The van der Waals surface area contributed by atoms with Gasteiger partial charge in [-0.05, 0) is 158 Å². The number of nitrogens with one attached hydrogen (secondary N) is 4. The lowest BCUT2D eigenvalue weighted by atomic mass is 9.68. The first-order valence-electron chi connectivity index (χ1n) is 20.1. The van der Waals surface area contributed by atoms with Crippen LogP contribution in [0.2, 0.25) is 5.28 Å². The number of hydrogen-bond donors (Lipinski definition) is 6. The number of likely N-dealkylation sites (tertiary alicyclic amines) is 2. The Balaban J connectivity index is 0.000000641. The lowest BCUT2D eigenvalue weighted by Crippen LogP contribution is -2.66. The van der Waals surface area contributed by atoms with Crippen molar-refractivity contribution in [2.24, 2.45) is 23.3 Å². The predicted octanol–water partition coefficient (Wildman–Crippen LogP) is 6.35. The second kappa shape index (κ2) is 20.9. The van der Waals surface area contributed by atoms with Crippen LogP contribution in [-0.4, -0.2) is 112 Å². The van der Waals surface area contributed by atoms with Gasteiger partial charge in [-0.25, -0.2) is 0 Å². The first-order valence-corrected chi connectivity index (χ1v) is 20.5. The highest BCUT2D eigenvalue weighted by molar-refractivity contribution is 6.28. The molecule has 11 nitrogen and oxygen atoms in total. The number of piperidine rings is 2. The zero-order valence-electron chi connectivity index (χ0n) is 34.9. The number of anilines is 2. The molecule has 2 aliphatic rings. The molecular weight excluding hydrogens is 658 g/mol. The van der Waals surface area contributed by atoms with Gasteiger partial charge in [-0.3, -0.25) is 9.80 Å². The third-order valence-electron chi connectivity index (χ3n) is 12.3. The normalized spacial score (nSPS) is 25.5. The number of nitrogens with zero attached hydrogens (tertiary/aromatic N) is 5. The van der Waals surface area contributed by atoms with Gasteiger partial charge in [0.1, 0.15) is 0 Å². The lowest BCUT2D eigenvalue weighted by Gasteiger charge is -2.58. The van der Waals surface area contributed by atoms with Gasteiger partial charge in [0, 0.05) is 47.3 Å². The Bertz CT molecular complexity index is 1050. The van der Waals surface area contributed by atoms with E-state index in [2.05, 4.69) is 124 Å². The zero-order chi connectivity index (χ0) is 38.5. The van der Waals surface area contributed by atoms with Gasteiger partial charge in [0.15, 0.2) is 0 Å². The van der Waals surface area contributed by atoms with E-state index < -0.39 is 0 Å². The minimum absolute atomic E-state index is 0.0459. The smallest absolute Gasteiger partial charge is 0.229 e. The second-order valence-corrected chi connectivity index (χ2v) is 17.8. The molecule has 0 radical (unpaired) electrons. The van der Waals surface area contributed by atoms with Crippen molar-refractivity contribution in [2.75, 3.05) is 64.0 Å². The summed E-state index contributed by atoms with van der Waals surface area (Å²) in [5.41, 5.74) is 10.9. The van der Waals surface area contributed by atoms with Crippen LogP contribution < -0.4 is 32.7 Å². The Labute approximate surface area is 318 Å². The molecule has 51 heavy (non-hydrogen) atoms. The molecule has 3 heterocycles. The van der Waals surface area contributed by atoms with Gasteiger partial charge < -0.3 is 32.7 Å². The third-order valence-corrected chi connectivity index (χ3v) is 12.5. The number of unbranched alkanes of at least 4 members (excludes halogenated alkanes) is 2. The Morgan fingerprint density at radius 3 is 1.33 bits per heavy atom. The van der Waals surface area contributed by atoms with Crippen molar-refractivity contribution in [2.45, 2.75) is 168 Å². The van der Waals surface area contributed by atoms with Crippen molar-refractivity contribution in [1.29, 1.82) is 0 Å². The van der Waals surface area contributed by atoms with Crippen molar-refractivity contribution in [3.05, 3.63) is 5.28 Å². The second-order valence-electron chi connectivity index (χ2n) is 17.5. The molecule has 2 fully saturated rings. The summed E-state index contributed by atoms with van der Waals surface area (Å²) in [6.45, 7) is 29.1. The van der Waals surface area contributed by atoms with Gasteiger partial charge in [0.05, 0.1) is 0 Å². The average Bonchev–Trinajstić information content (AvgIpc) is 3.04. The monoisotopic (exact) mass is 738 g/mol. The maximum absolute atomic E-state index is 6.54. The Kier molecular flexibility index (Phi) is 18.8. The zero-order valence-corrected chi connectivity index (χ0v) is 35.6. The molecule has 0 aromatic carbocycles. The first-order chi connectivity index (χ1) is 23.9. The van der Waals surface area contributed by atoms with Gasteiger partial charge in [-0.1, -0.05) is 39.5 Å². The summed E-state index contributed by atoms with van der Waals surface area (Å²) in [5.74, 6) is 2.10. The molecule has 3 rings (SSSR count). The van der Waals surface area contributed by atoms with Crippen LogP contribution in [0.5, 0.6) is 0 Å². The fourth-order valence-corrected chi connectivity index (χ4v) is 8.79. The van der Waals surface area contributed by atoms with Crippen molar-refractivity contribution >= 4 is 23.5 Å². The largest absolute Gasteiger partial charge is 0.351 e. The van der Waals surface area contributed by atoms with Gasteiger partial charge in [0.2, 0.25) is 17.2 Å². The maximum Gasteiger partial charge on any atom is 0.229 e. The molecule has 298 valence electrons. The number of aromatic nitrogens is 3. The summed E-state index contributed by atoms with van der Waals surface area (Å²) in [4.78, 5) is 19.2. The molecule has 8 N–H and O–H groups in total. The van der Waals surface area contributed by atoms with E-state index in [1.54, 1.807) is 0 Å². The van der Waals surface area contributed by atoms with Crippen LogP contribution in [0.3, 0.4) is 0 Å². The maximum atomic E-state index is 6.54. The third kappa shape index (κ3) is 13.2. The fraction of sp³-hybridized carbons (Fsp3) is 0.923. The molecule has 1 aromatic rings. The van der Waals surface area contributed by atoms with Crippen LogP contribution in [0.1, 0.15) is 133 Å². The minimum Gasteiger partial charge on any atom is -0.351 e. The summed E-state index contributed by atoms with van der Waals surface area (Å²) in [6, 6.07) is 0.505. The van der Waals surface area contributed by atoms with E-state index in [9.17, 15) is 0 Å². The van der Waals surface area contributed by atoms with Gasteiger partial charge in [-0.2, -0.15) is 15.0 Å². The average molecular weight is 739 g/mol. The highest BCUT2D eigenvalue weighted by atomic mass is 35.5. The van der Waals surface area contributed by atoms with Crippen molar-refractivity contribution in [3.8, 4) is 0 Å². The molecule has 2 saturated heterocycles. The molecule has 1 aromatic heterocycles. The van der Waals surface area contributed by atoms with E-state index in [0.29, 0.717) is 23.7 Å². The minimum atomic E-state index is 0.0459. The molecule has 0 saturated carbocycles. The van der Waals surface area contributed by atoms with Gasteiger partial charge in [-0.15, -0.1) is 0 Å². The summed E-state index contributed by atoms with van der Waals surface area (Å²) in [6.07, 6.45) is 11.3. The number of hydrogen-bond acceptors (Lipinski definition) is 11. The highest BCUT2D eigenvalue weighted by Gasteiger charge is 2.51. The van der Waals surface area contributed by atoms with Crippen LogP contribution >= 0.6 is 11.6 Å². The number of halogens is 1. The van der Waals surface area contributed by atoms with E-state index in [-0.39, 0.29) is 39.5 Å². The molecule has 4 unspecified atom stereocenters. The van der Waals surface area contributed by atoms with Crippen LogP contribution in [0.15, 0.2) is 0 Å². The van der Waals surface area contributed by atoms with E-state index in [4.69, 9.17) is 28.1 Å². The molecule has 4 atom stereocenters. The molecule has 0 aliphatic carbocycles. The molecule has 2 aliphatic heterocycles. The van der Waals surface area contributed by atoms with Crippen LogP contribution in [0.25, 0.3) is 0 Å². The number of rotatable bonds is 19. The molecule has 0 spiro atoms. The summed E-state index contributed by atoms with van der Waals surface area (Å²) in [7, 11) is 4.55. The summed E-state index contributed by atoms with van der Waals surface area (Å²) >= 11 is 6.54. The standard InChI is InChI=1S/C31H58ClN7.C8H22N4/c1-13-15-17-21-23(19-28(3,4)38(11)30(21,7)8)33-26-35-25(32)36-27(37-26)34-24-20-29(5,6)39(12)31(9,10)22(24)18-16-14-2;9-3-1-5-11-7-8-12-6-2-4-10/h21-24H,13-20H2,1-12H3,(H2,33,34,35,36,37);11-12H,1-10H2. The van der Waals surface area contributed by atoms with Gasteiger partial charge >= 0.3 is 0 Å². The summed E-state index contributed by atoms with van der Waals surface area (Å²) in [5, 5.41) is 14.3. The molecule has 0 bridgehead atoms. The van der Waals surface area contributed by atoms with E-state index >= 15 is 0 Å². The van der Waals surface area contributed by atoms with Crippen molar-refractivity contribution < 1.29 is 0 Å². The Morgan fingerprint density at radius 1 is 0.627 bits per heavy atom. The van der Waals surface area contributed by atoms with Crippen molar-refractivity contribution in [1.82, 2.24) is 35.4 Å². The van der Waals surface area contributed by atoms with Gasteiger partial charge in [0.25, 0.3) is 0 Å². The highest BCUT2D eigenvalue weighted by Crippen LogP contribution is 2.45. The topological polar surface area (TPSA) is 145 Å². The molecular formula is C39H80ClN11. The van der Waals surface area contributed by atoms with E-state index in [1.807, 2.05) is 0 Å². The fourth-order valence-electron chi connectivity index (χ4n) is 8.63. The Morgan fingerprint density at radius 2 is 1.00 bits per heavy atom. The van der Waals surface area contributed by atoms with Crippen LogP contribution in [0, 0.1) is 11.8 Å². The van der Waals surface area contributed by atoms with E-state index in [0.717, 1.165) is 65.0 Å². The molecule has 0 amide bonds. The summed E-state index contributed by atoms with van der Waals surface area (Å²) < 4.78 is 0. The molecule has 12 heteroatoms.